The van der Waals surface area contributed by atoms with Gasteiger partial charge in [-0.3, -0.25) is 0 Å². The Morgan fingerprint density at radius 2 is 1.78 bits per heavy atom. The first-order valence-electron chi connectivity index (χ1n) is 9.91. The fourth-order valence-corrected chi connectivity index (χ4v) is 3.84. The molecule has 0 spiro atoms. The Hall–Kier alpha value is -2.80. The van der Waals surface area contributed by atoms with Crippen LogP contribution >= 0.6 is 34.8 Å². The van der Waals surface area contributed by atoms with Crippen molar-refractivity contribution < 1.29 is 4.74 Å². The average molecular weight is 489 g/mol. The van der Waals surface area contributed by atoms with Gasteiger partial charge in [0, 0.05) is 28.9 Å². The summed E-state index contributed by atoms with van der Waals surface area (Å²) in [5.74, 6) is 1.22. The summed E-state index contributed by atoms with van der Waals surface area (Å²) in [6, 6.07) is 21.0. The van der Waals surface area contributed by atoms with Crippen molar-refractivity contribution in [2.75, 3.05) is 25.1 Å². The van der Waals surface area contributed by atoms with Crippen molar-refractivity contribution in [2.45, 2.75) is 6.54 Å². The second kappa shape index (κ2) is 10.2. The van der Waals surface area contributed by atoms with E-state index in [4.69, 9.17) is 39.5 Å². The second-order valence-corrected chi connectivity index (χ2v) is 8.34. The molecular weight excluding hydrogens is 469 g/mol. The Bertz CT molecular complexity index is 1200. The molecule has 4 aromatic rings. The molecule has 0 radical (unpaired) electrons. The molecular formula is C23H20Cl3N5O. The highest BCUT2D eigenvalue weighted by atomic mass is 35.5. The van der Waals surface area contributed by atoms with Crippen molar-refractivity contribution in [1.29, 1.82) is 0 Å². The summed E-state index contributed by atoms with van der Waals surface area (Å²) in [4.78, 5) is 2.14. The molecule has 9 heteroatoms. The van der Waals surface area contributed by atoms with E-state index in [1.165, 1.54) is 0 Å². The Kier molecular flexibility index (Phi) is 7.15. The van der Waals surface area contributed by atoms with Crippen LogP contribution in [0.15, 0.2) is 66.7 Å². The first-order valence-corrected chi connectivity index (χ1v) is 11.0. The summed E-state index contributed by atoms with van der Waals surface area (Å²) in [6.45, 7) is 1.58. The maximum atomic E-state index is 6.37. The molecule has 0 fully saturated rings. The van der Waals surface area contributed by atoms with Crippen molar-refractivity contribution in [3.8, 4) is 17.1 Å². The number of hydrogen-bond acceptors (Lipinski definition) is 5. The quantitative estimate of drug-likeness (QED) is 0.311. The lowest BCUT2D eigenvalue weighted by molar-refractivity contribution is 0.321. The van der Waals surface area contributed by atoms with E-state index in [0.717, 1.165) is 23.5 Å². The molecule has 32 heavy (non-hydrogen) atoms. The maximum absolute atomic E-state index is 6.37. The number of aromatic nitrogens is 4. The zero-order valence-electron chi connectivity index (χ0n) is 17.3. The Balaban J connectivity index is 1.51. The summed E-state index contributed by atoms with van der Waals surface area (Å²) < 4.78 is 7.74. The molecule has 0 aliphatic rings. The van der Waals surface area contributed by atoms with Crippen LogP contribution in [-0.4, -0.2) is 40.4 Å². The zero-order valence-corrected chi connectivity index (χ0v) is 19.5. The number of ether oxygens (including phenoxy) is 1. The minimum Gasteiger partial charge on any atom is -0.491 e. The molecule has 0 unspecified atom stereocenters. The van der Waals surface area contributed by atoms with Gasteiger partial charge < -0.3 is 9.64 Å². The third-order valence-corrected chi connectivity index (χ3v) is 6.00. The van der Waals surface area contributed by atoms with Crippen LogP contribution in [-0.2, 0) is 6.54 Å². The van der Waals surface area contributed by atoms with Gasteiger partial charge in [0.05, 0.1) is 23.1 Å². The van der Waals surface area contributed by atoms with Gasteiger partial charge in [-0.1, -0.05) is 59.1 Å². The number of hydrogen-bond donors (Lipinski definition) is 0. The topological polar surface area (TPSA) is 56.1 Å². The summed E-state index contributed by atoms with van der Waals surface area (Å²) in [5, 5.41) is 13.5. The largest absolute Gasteiger partial charge is 0.491 e. The van der Waals surface area contributed by atoms with Gasteiger partial charge in [0.2, 0.25) is 0 Å². The standard InChI is InChI=1S/C23H20Cl3N5O/c1-30(18-6-3-2-4-7-18)12-13-32-21-11-10-17(24)14-16(21)15-31-23(27-28-29-31)19-8-5-9-20(25)22(19)26/h2-11,14H,12-13,15H2,1H3. The van der Waals surface area contributed by atoms with E-state index < -0.39 is 0 Å². The summed E-state index contributed by atoms with van der Waals surface area (Å²) in [7, 11) is 2.03. The molecule has 0 N–H and O–H groups in total. The minimum atomic E-state index is 0.357. The average Bonchev–Trinajstić information content (AvgIpc) is 3.25. The summed E-state index contributed by atoms with van der Waals surface area (Å²) in [6.07, 6.45) is 0. The highest BCUT2D eigenvalue weighted by molar-refractivity contribution is 6.43. The highest BCUT2D eigenvalue weighted by Crippen LogP contribution is 2.33. The van der Waals surface area contributed by atoms with Crippen LogP contribution in [0.4, 0.5) is 5.69 Å². The number of rotatable bonds is 8. The maximum Gasteiger partial charge on any atom is 0.183 e. The minimum absolute atomic E-state index is 0.357. The lowest BCUT2D eigenvalue weighted by Crippen LogP contribution is -2.23. The Morgan fingerprint density at radius 3 is 2.59 bits per heavy atom. The Morgan fingerprint density at radius 1 is 0.969 bits per heavy atom. The van der Waals surface area contributed by atoms with Crippen molar-refractivity contribution in [2.24, 2.45) is 0 Å². The van der Waals surface area contributed by atoms with E-state index >= 15 is 0 Å². The fourth-order valence-electron chi connectivity index (χ4n) is 3.26. The van der Waals surface area contributed by atoms with Gasteiger partial charge in [-0.15, -0.1) is 5.10 Å². The van der Waals surface area contributed by atoms with Crippen LogP contribution in [0.3, 0.4) is 0 Å². The van der Waals surface area contributed by atoms with Crippen LogP contribution in [0.1, 0.15) is 5.56 Å². The lowest BCUT2D eigenvalue weighted by atomic mass is 10.1. The third-order valence-electron chi connectivity index (χ3n) is 4.95. The van der Waals surface area contributed by atoms with Crippen molar-refractivity contribution >= 4 is 40.5 Å². The number of para-hydroxylation sites is 1. The molecule has 0 aliphatic carbocycles. The van der Waals surface area contributed by atoms with E-state index in [1.807, 2.05) is 43.4 Å². The number of nitrogens with zero attached hydrogens (tertiary/aromatic N) is 5. The van der Waals surface area contributed by atoms with E-state index in [0.29, 0.717) is 39.6 Å². The van der Waals surface area contributed by atoms with Crippen molar-refractivity contribution in [3.63, 3.8) is 0 Å². The van der Waals surface area contributed by atoms with E-state index in [-0.39, 0.29) is 0 Å². The SMILES string of the molecule is CN(CCOc1ccc(Cl)cc1Cn1nnnc1-c1cccc(Cl)c1Cl)c1ccccc1. The monoisotopic (exact) mass is 487 g/mol. The smallest absolute Gasteiger partial charge is 0.183 e. The molecule has 6 nitrogen and oxygen atoms in total. The number of likely N-dealkylation sites (N-methyl/N-ethyl adjacent to an activating group) is 1. The molecule has 1 heterocycles. The van der Waals surface area contributed by atoms with E-state index in [2.05, 4.69) is 32.6 Å². The molecule has 0 atom stereocenters. The molecule has 0 bridgehead atoms. The number of tetrazole rings is 1. The van der Waals surface area contributed by atoms with E-state index in [1.54, 1.807) is 22.9 Å². The number of anilines is 1. The van der Waals surface area contributed by atoms with Gasteiger partial charge in [-0.2, -0.15) is 0 Å². The predicted octanol–water partition coefficient (Wildman–Crippen LogP) is 5.86. The first kappa shape index (κ1) is 22.4. The molecule has 164 valence electrons. The predicted molar refractivity (Wildman–Crippen MR) is 129 cm³/mol. The molecule has 1 aromatic heterocycles. The van der Waals surface area contributed by atoms with Gasteiger partial charge in [-0.05, 0) is 52.9 Å². The van der Waals surface area contributed by atoms with Crippen LogP contribution < -0.4 is 9.64 Å². The molecule has 4 rings (SSSR count). The van der Waals surface area contributed by atoms with Gasteiger partial charge in [0.1, 0.15) is 12.4 Å². The molecule has 0 aliphatic heterocycles. The summed E-state index contributed by atoms with van der Waals surface area (Å²) >= 11 is 18.8. The van der Waals surface area contributed by atoms with Gasteiger partial charge in [0.25, 0.3) is 0 Å². The van der Waals surface area contributed by atoms with E-state index in [9.17, 15) is 0 Å². The fraction of sp³-hybridized carbons (Fsp3) is 0.174. The van der Waals surface area contributed by atoms with Crippen LogP contribution in [0.5, 0.6) is 5.75 Å². The van der Waals surface area contributed by atoms with Crippen molar-refractivity contribution in [3.05, 3.63) is 87.4 Å². The van der Waals surface area contributed by atoms with Crippen molar-refractivity contribution in [1.82, 2.24) is 20.2 Å². The van der Waals surface area contributed by atoms with Crippen LogP contribution in [0, 0.1) is 0 Å². The van der Waals surface area contributed by atoms with Gasteiger partial charge in [-0.25, -0.2) is 4.68 Å². The van der Waals surface area contributed by atoms with Crippen LogP contribution in [0.2, 0.25) is 15.1 Å². The van der Waals surface area contributed by atoms with Gasteiger partial charge >= 0.3 is 0 Å². The number of benzene rings is 3. The lowest BCUT2D eigenvalue weighted by Gasteiger charge is -2.20. The third kappa shape index (κ3) is 5.15. The molecule has 0 amide bonds. The number of halogens is 3. The zero-order chi connectivity index (χ0) is 22.5. The Labute approximate surface area is 201 Å². The first-order chi connectivity index (χ1) is 15.5. The normalized spacial score (nSPS) is 10.9. The second-order valence-electron chi connectivity index (χ2n) is 7.12. The summed E-state index contributed by atoms with van der Waals surface area (Å²) in [5.41, 5.74) is 2.63. The van der Waals surface area contributed by atoms with Crippen LogP contribution in [0.25, 0.3) is 11.4 Å². The molecule has 0 saturated carbocycles. The molecule has 0 saturated heterocycles. The molecule has 3 aromatic carbocycles. The van der Waals surface area contributed by atoms with Gasteiger partial charge in [0.15, 0.2) is 5.82 Å². The highest BCUT2D eigenvalue weighted by Gasteiger charge is 2.16.